The van der Waals surface area contributed by atoms with Gasteiger partial charge < -0.3 is 10.6 Å². The van der Waals surface area contributed by atoms with Gasteiger partial charge in [0.25, 0.3) is 5.91 Å². The summed E-state index contributed by atoms with van der Waals surface area (Å²) in [6.45, 7) is 0. The second kappa shape index (κ2) is 13.1. The maximum Gasteiger partial charge on any atom is 0.252 e. The van der Waals surface area contributed by atoms with E-state index in [1.54, 1.807) is 24.3 Å². The third kappa shape index (κ3) is 6.35. The molecule has 6 aromatic rings. The lowest BCUT2D eigenvalue weighted by atomic mass is 9.97. The molecule has 1 atom stereocenters. The number of nitrogens with zero attached hydrogens (tertiary/aromatic N) is 1. The van der Waals surface area contributed by atoms with Crippen LogP contribution in [0.25, 0.3) is 22.2 Å². The van der Waals surface area contributed by atoms with E-state index in [4.69, 9.17) is 28.2 Å². The summed E-state index contributed by atoms with van der Waals surface area (Å²) < 4.78 is 0. The van der Waals surface area contributed by atoms with Crippen molar-refractivity contribution in [2.75, 3.05) is 0 Å². The Bertz CT molecular complexity index is 1890. The third-order valence-electron chi connectivity index (χ3n) is 7.39. The number of nitrogens with one attached hydrogen (secondary N) is 2. The van der Waals surface area contributed by atoms with Crippen LogP contribution in [0.15, 0.2) is 140 Å². The molecule has 0 saturated heterocycles. The minimum Gasteiger partial charge on any atom is -0.343 e. The van der Waals surface area contributed by atoms with Crippen LogP contribution in [0.2, 0.25) is 10.0 Å². The van der Waals surface area contributed by atoms with Gasteiger partial charge >= 0.3 is 0 Å². The molecule has 5 aromatic carbocycles. The lowest BCUT2D eigenvalue weighted by Crippen LogP contribution is -2.42. The van der Waals surface area contributed by atoms with Crippen molar-refractivity contribution in [3.63, 3.8) is 0 Å². The van der Waals surface area contributed by atoms with Crippen molar-refractivity contribution in [1.29, 1.82) is 0 Å². The Morgan fingerprint density at radius 2 is 1.23 bits per heavy atom. The van der Waals surface area contributed by atoms with E-state index in [9.17, 15) is 9.59 Å². The Morgan fingerprint density at radius 1 is 0.636 bits per heavy atom. The van der Waals surface area contributed by atoms with Crippen molar-refractivity contribution >= 4 is 45.9 Å². The predicted octanol–water partition coefficient (Wildman–Crippen LogP) is 8.59. The Hall–Kier alpha value is -4.97. The highest BCUT2D eigenvalue weighted by Crippen LogP contribution is 2.30. The molecule has 7 heteroatoms. The van der Waals surface area contributed by atoms with Crippen LogP contribution < -0.4 is 10.6 Å². The number of fused-ring (bicyclic) bond motifs is 1. The fourth-order valence-electron chi connectivity index (χ4n) is 5.22. The molecule has 0 radical (unpaired) electrons. The molecule has 6 rings (SSSR count). The third-order valence-corrected chi connectivity index (χ3v) is 7.96. The molecule has 0 unspecified atom stereocenters. The van der Waals surface area contributed by atoms with E-state index in [1.807, 2.05) is 115 Å². The van der Waals surface area contributed by atoms with Crippen molar-refractivity contribution in [2.24, 2.45) is 0 Å². The van der Waals surface area contributed by atoms with Gasteiger partial charge in [0.05, 0.1) is 22.8 Å². The minimum atomic E-state index is -1.13. The SMILES string of the molecule is O=C(N[C@@H](C(=O)NC(c1ccccc1)c1ccccc1)c1ccc(Cl)cc1Cl)c1cc(-c2ccccc2)nc2ccccc12. The van der Waals surface area contributed by atoms with Gasteiger partial charge in [-0.3, -0.25) is 9.59 Å². The highest BCUT2D eigenvalue weighted by molar-refractivity contribution is 6.35. The number of benzene rings is 5. The number of para-hydroxylation sites is 1. The predicted molar refractivity (Wildman–Crippen MR) is 177 cm³/mol. The molecule has 0 fully saturated rings. The summed E-state index contributed by atoms with van der Waals surface area (Å²) in [5.41, 5.74) is 4.78. The number of hydrogen-bond donors (Lipinski definition) is 2. The van der Waals surface area contributed by atoms with Crippen LogP contribution in [0.1, 0.15) is 39.1 Å². The molecule has 1 aromatic heterocycles. The van der Waals surface area contributed by atoms with Crippen molar-refractivity contribution in [2.45, 2.75) is 12.1 Å². The summed E-state index contributed by atoms with van der Waals surface area (Å²) in [7, 11) is 0. The summed E-state index contributed by atoms with van der Waals surface area (Å²) in [4.78, 5) is 33.2. The molecule has 1 heterocycles. The summed E-state index contributed by atoms with van der Waals surface area (Å²) in [5, 5.41) is 7.49. The first-order valence-electron chi connectivity index (χ1n) is 14.1. The van der Waals surface area contributed by atoms with E-state index in [2.05, 4.69) is 10.6 Å². The lowest BCUT2D eigenvalue weighted by Gasteiger charge is -2.25. The number of halogens is 2. The van der Waals surface area contributed by atoms with Gasteiger partial charge in [0.1, 0.15) is 6.04 Å². The van der Waals surface area contributed by atoms with Crippen LogP contribution in [0.3, 0.4) is 0 Å². The van der Waals surface area contributed by atoms with Crippen molar-refractivity contribution < 1.29 is 9.59 Å². The number of carbonyl (C=O) groups excluding carboxylic acids is 2. The Labute approximate surface area is 265 Å². The van der Waals surface area contributed by atoms with E-state index >= 15 is 0 Å². The largest absolute Gasteiger partial charge is 0.343 e. The fourth-order valence-corrected chi connectivity index (χ4v) is 5.74. The standard InChI is InChI=1S/C37H27Cl2N3O2/c38-27-20-21-29(31(39)22-27)35(37(44)41-34(25-14-6-2-7-15-25)26-16-8-3-9-17-26)42-36(43)30-23-33(24-12-4-1-5-13-24)40-32-19-11-10-18-28(30)32/h1-23,34-35H,(H,41,44)(H,42,43)/t35-/m1/s1. The number of pyridine rings is 1. The van der Waals surface area contributed by atoms with E-state index in [0.29, 0.717) is 32.7 Å². The maximum atomic E-state index is 14.2. The van der Waals surface area contributed by atoms with Crippen LogP contribution in [-0.2, 0) is 4.79 Å². The maximum absolute atomic E-state index is 14.2. The van der Waals surface area contributed by atoms with Crippen molar-refractivity contribution in [3.8, 4) is 11.3 Å². The van der Waals surface area contributed by atoms with Gasteiger partial charge in [0.15, 0.2) is 0 Å². The summed E-state index contributed by atoms with van der Waals surface area (Å²) in [5.74, 6) is -0.871. The molecule has 0 spiro atoms. The van der Waals surface area contributed by atoms with Crippen LogP contribution in [0.5, 0.6) is 0 Å². The number of amides is 2. The monoisotopic (exact) mass is 615 g/mol. The first-order valence-corrected chi connectivity index (χ1v) is 14.8. The van der Waals surface area contributed by atoms with Crippen molar-refractivity contribution in [1.82, 2.24) is 15.6 Å². The quantitative estimate of drug-likeness (QED) is 0.180. The van der Waals surface area contributed by atoms with E-state index < -0.39 is 23.9 Å². The normalized spacial score (nSPS) is 11.7. The van der Waals surface area contributed by atoms with Gasteiger partial charge in [-0.25, -0.2) is 4.98 Å². The highest BCUT2D eigenvalue weighted by atomic mass is 35.5. The molecular formula is C37H27Cl2N3O2. The molecule has 0 aliphatic carbocycles. The van der Waals surface area contributed by atoms with Crippen LogP contribution >= 0.6 is 23.2 Å². The molecule has 0 bridgehead atoms. The molecule has 44 heavy (non-hydrogen) atoms. The van der Waals surface area contributed by atoms with Crippen LogP contribution in [0.4, 0.5) is 0 Å². The molecular weight excluding hydrogens is 589 g/mol. The second-order valence-electron chi connectivity index (χ2n) is 10.3. The zero-order chi connectivity index (χ0) is 30.5. The van der Waals surface area contributed by atoms with Gasteiger partial charge in [-0.15, -0.1) is 0 Å². The molecule has 0 saturated carbocycles. The average molecular weight is 617 g/mol. The molecule has 5 nitrogen and oxygen atoms in total. The molecule has 216 valence electrons. The first-order chi connectivity index (χ1) is 21.5. The molecule has 0 aliphatic rings. The molecule has 2 amide bonds. The molecule has 0 aliphatic heterocycles. The average Bonchev–Trinajstić information content (AvgIpc) is 3.07. The number of rotatable bonds is 8. The highest BCUT2D eigenvalue weighted by Gasteiger charge is 2.29. The summed E-state index contributed by atoms with van der Waals surface area (Å²) in [6, 6.07) is 41.5. The fraction of sp³-hybridized carbons (Fsp3) is 0.0541. The smallest absolute Gasteiger partial charge is 0.252 e. The summed E-state index contributed by atoms with van der Waals surface area (Å²) in [6.07, 6.45) is 0. The molecule has 2 N–H and O–H groups in total. The van der Waals surface area contributed by atoms with Crippen molar-refractivity contribution in [3.05, 3.63) is 172 Å². The zero-order valence-corrected chi connectivity index (χ0v) is 25.0. The topological polar surface area (TPSA) is 71.1 Å². The number of aromatic nitrogens is 1. The van der Waals surface area contributed by atoms with E-state index in [0.717, 1.165) is 16.7 Å². The Kier molecular flexibility index (Phi) is 8.69. The summed E-state index contributed by atoms with van der Waals surface area (Å²) >= 11 is 12.9. The van der Waals surface area contributed by atoms with Gasteiger partial charge in [0, 0.05) is 26.6 Å². The van der Waals surface area contributed by atoms with Gasteiger partial charge in [0.2, 0.25) is 5.91 Å². The van der Waals surface area contributed by atoms with Gasteiger partial charge in [-0.1, -0.05) is 138 Å². The van der Waals surface area contributed by atoms with Gasteiger partial charge in [-0.05, 0) is 35.4 Å². The van der Waals surface area contributed by atoms with Gasteiger partial charge in [-0.2, -0.15) is 0 Å². The Morgan fingerprint density at radius 3 is 1.86 bits per heavy atom. The number of carbonyl (C=O) groups is 2. The lowest BCUT2D eigenvalue weighted by molar-refractivity contribution is -0.123. The zero-order valence-electron chi connectivity index (χ0n) is 23.5. The Balaban J connectivity index is 1.41. The second-order valence-corrected chi connectivity index (χ2v) is 11.1. The van der Waals surface area contributed by atoms with E-state index in [-0.39, 0.29) is 5.02 Å². The minimum absolute atomic E-state index is 0.262. The van der Waals surface area contributed by atoms with Crippen LogP contribution in [-0.4, -0.2) is 16.8 Å². The number of hydrogen-bond acceptors (Lipinski definition) is 3. The van der Waals surface area contributed by atoms with E-state index in [1.165, 1.54) is 0 Å². The van der Waals surface area contributed by atoms with Crippen LogP contribution in [0, 0.1) is 0 Å². The first kappa shape index (κ1) is 29.1.